The van der Waals surface area contributed by atoms with E-state index in [1.807, 2.05) is 6.07 Å². The normalized spacial score (nSPS) is 11.6. The fourth-order valence-corrected chi connectivity index (χ4v) is 2.55. The molecule has 0 bridgehead atoms. The van der Waals surface area contributed by atoms with Gasteiger partial charge in [-0.2, -0.15) is 0 Å². The van der Waals surface area contributed by atoms with Crippen LogP contribution >= 0.6 is 11.6 Å². The van der Waals surface area contributed by atoms with Crippen molar-refractivity contribution in [2.24, 2.45) is 0 Å². The molecule has 0 spiro atoms. The summed E-state index contributed by atoms with van der Waals surface area (Å²) in [7, 11) is 0. The number of carbonyl (C=O) groups excluding carboxylic acids is 1. The number of ether oxygens (including phenoxy) is 1. The van der Waals surface area contributed by atoms with Crippen molar-refractivity contribution in [3.63, 3.8) is 0 Å². The monoisotopic (exact) mass is 365 g/mol. The third kappa shape index (κ3) is 4.70. The highest BCUT2D eigenvalue weighted by molar-refractivity contribution is 6.30. The van der Waals surface area contributed by atoms with Crippen LogP contribution in [-0.4, -0.2) is 28.6 Å². The van der Waals surface area contributed by atoms with E-state index in [2.05, 4.69) is 0 Å². The molecule has 1 amide bonds. The van der Waals surface area contributed by atoms with Crippen LogP contribution in [0.5, 0.6) is 0 Å². The van der Waals surface area contributed by atoms with Crippen LogP contribution in [-0.2, 0) is 16.1 Å². The van der Waals surface area contributed by atoms with Gasteiger partial charge in [0.2, 0.25) is 0 Å². The predicted molar refractivity (Wildman–Crippen MR) is 90.8 cm³/mol. The summed E-state index contributed by atoms with van der Waals surface area (Å²) < 4.78 is 18.5. The molecule has 132 valence electrons. The van der Waals surface area contributed by atoms with Crippen LogP contribution in [0.3, 0.4) is 0 Å². The van der Waals surface area contributed by atoms with Gasteiger partial charge in [0, 0.05) is 6.54 Å². The molecule has 0 aromatic heterocycles. The molecule has 2 aromatic carbocycles. The molecule has 0 fully saturated rings. The van der Waals surface area contributed by atoms with Crippen LogP contribution in [0, 0.1) is 5.82 Å². The summed E-state index contributed by atoms with van der Waals surface area (Å²) in [6.45, 7) is 1.75. The lowest BCUT2D eigenvalue weighted by Crippen LogP contribution is -2.39. The lowest BCUT2D eigenvalue weighted by molar-refractivity contribution is -0.143. The molecule has 1 atom stereocenters. The van der Waals surface area contributed by atoms with Crippen molar-refractivity contribution in [2.75, 3.05) is 6.54 Å². The van der Waals surface area contributed by atoms with Crippen molar-refractivity contribution in [1.82, 2.24) is 4.90 Å². The van der Waals surface area contributed by atoms with Crippen LogP contribution in [0.2, 0.25) is 5.02 Å². The summed E-state index contributed by atoms with van der Waals surface area (Å²) in [6, 6.07) is 11.2. The minimum atomic E-state index is -1.33. The van der Waals surface area contributed by atoms with Gasteiger partial charge in [-0.15, -0.1) is 0 Å². The third-order valence-electron chi connectivity index (χ3n) is 3.59. The number of hydrogen-bond acceptors (Lipinski definition) is 3. The number of rotatable bonds is 6. The van der Waals surface area contributed by atoms with Crippen molar-refractivity contribution >= 4 is 23.7 Å². The van der Waals surface area contributed by atoms with Crippen LogP contribution in [0.4, 0.5) is 9.18 Å². The smallest absolute Gasteiger partial charge is 0.411 e. The first-order valence-corrected chi connectivity index (χ1v) is 7.97. The van der Waals surface area contributed by atoms with Crippen molar-refractivity contribution in [3.8, 4) is 0 Å². The third-order valence-corrected chi connectivity index (χ3v) is 3.87. The number of nitrogens with zero attached hydrogens (tertiary/aromatic N) is 1. The number of carbonyl (C=O) groups is 2. The van der Waals surface area contributed by atoms with Gasteiger partial charge in [-0.3, -0.25) is 4.90 Å². The van der Waals surface area contributed by atoms with E-state index in [-0.39, 0.29) is 23.7 Å². The maximum absolute atomic E-state index is 13.3. The van der Waals surface area contributed by atoms with Crippen LogP contribution in [0.15, 0.2) is 48.5 Å². The Kier molecular flexibility index (Phi) is 6.36. The highest BCUT2D eigenvalue weighted by Crippen LogP contribution is 2.26. The van der Waals surface area contributed by atoms with Crippen LogP contribution in [0.1, 0.15) is 24.1 Å². The zero-order valence-corrected chi connectivity index (χ0v) is 14.2. The van der Waals surface area contributed by atoms with Crippen LogP contribution in [0.25, 0.3) is 0 Å². The first-order valence-electron chi connectivity index (χ1n) is 7.59. The van der Waals surface area contributed by atoms with E-state index in [0.717, 1.165) is 16.5 Å². The molecule has 0 saturated heterocycles. The van der Waals surface area contributed by atoms with Gasteiger partial charge in [-0.05, 0) is 30.2 Å². The minimum absolute atomic E-state index is 0.0205. The summed E-state index contributed by atoms with van der Waals surface area (Å²) in [5.41, 5.74) is 0.973. The minimum Gasteiger partial charge on any atom is -0.479 e. The fourth-order valence-electron chi connectivity index (χ4n) is 2.36. The number of carboxylic acids is 1. The van der Waals surface area contributed by atoms with E-state index in [4.69, 9.17) is 16.3 Å². The van der Waals surface area contributed by atoms with E-state index in [0.29, 0.717) is 0 Å². The molecule has 0 aliphatic carbocycles. The highest BCUT2D eigenvalue weighted by Gasteiger charge is 2.31. The maximum Gasteiger partial charge on any atom is 0.411 e. The molecule has 5 nitrogen and oxygen atoms in total. The fraction of sp³-hybridized carbons (Fsp3) is 0.222. The molecule has 0 aliphatic heterocycles. The van der Waals surface area contributed by atoms with E-state index >= 15 is 0 Å². The van der Waals surface area contributed by atoms with Crippen molar-refractivity contribution in [1.29, 1.82) is 0 Å². The molecule has 7 heteroatoms. The lowest BCUT2D eigenvalue weighted by atomic mass is 10.1. The Bertz CT molecular complexity index is 754. The zero-order valence-electron chi connectivity index (χ0n) is 13.5. The SMILES string of the molecule is CCN(C(=O)OCc1ccccc1)C(C(=O)O)c1ccc(F)c(Cl)c1. The molecular formula is C18H17ClFNO4. The summed E-state index contributed by atoms with van der Waals surface area (Å²) in [5, 5.41) is 9.33. The Morgan fingerprint density at radius 3 is 2.48 bits per heavy atom. The maximum atomic E-state index is 13.3. The van der Waals surface area contributed by atoms with E-state index in [1.165, 1.54) is 12.1 Å². The summed E-state index contributed by atoms with van der Waals surface area (Å²) >= 11 is 5.73. The van der Waals surface area contributed by atoms with Crippen LogP contribution < -0.4 is 0 Å². The average Bonchev–Trinajstić information content (AvgIpc) is 2.60. The van der Waals surface area contributed by atoms with Gasteiger partial charge in [0.15, 0.2) is 6.04 Å². The zero-order chi connectivity index (χ0) is 18.4. The van der Waals surface area contributed by atoms with Crippen molar-refractivity contribution in [3.05, 3.63) is 70.5 Å². The van der Waals surface area contributed by atoms with E-state index < -0.39 is 23.9 Å². The Morgan fingerprint density at radius 1 is 1.24 bits per heavy atom. The second-order valence-corrected chi connectivity index (χ2v) is 5.65. The molecule has 2 rings (SSSR count). The Hall–Kier alpha value is -2.60. The molecule has 0 heterocycles. The number of aliphatic carboxylic acids is 1. The molecule has 0 saturated carbocycles. The standard InChI is InChI=1S/C18H17ClFNO4/c1-2-21(18(24)25-11-12-6-4-3-5-7-12)16(17(22)23)13-8-9-15(20)14(19)10-13/h3-10,16H,2,11H2,1H3,(H,22,23). The highest BCUT2D eigenvalue weighted by atomic mass is 35.5. The first kappa shape index (κ1) is 18.7. The van der Waals surface area contributed by atoms with E-state index in [1.54, 1.807) is 31.2 Å². The molecular weight excluding hydrogens is 349 g/mol. The number of likely N-dealkylation sites (N-methyl/N-ethyl adjacent to an activating group) is 1. The average molecular weight is 366 g/mol. The molecule has 2 aromatic rings. The molecule has 25 heavy (non-hydrogen) atoms. The molecule has 0 aliphatic rings. The topological polar surface area (TPSA) is 66.8 Å². The largest absolute Gasteiger partial charge is 0.479 e. The quantitative estimate of drug-likeness (QED) is 0.830. The Balaban J connectivity index is 2.20. The second kappa shape index (κ2) is 8.48. The summed E-state index contributed by atoms with van der Waals surface area (Å²) in [6.07, 6.45) is -0.779. The van der Waals surface area contributed by atoms with E-state index in [9.17, 15) is 19.1 Å². The summed E-state index contributed by atoms with van der Waals surface area (Å²) in [5.74, 6) is -1.93. The second-order valence-electron chi connectivity index (χ2n) is 5.24. The van der Waals surface area contributed by atoms with Gasteiger partial charge in [0.1, 0.15) is 12.4 Å². The van der Waals surface area contributed by atoms with Gasteiger partial charge < -0.3 is 9.84 Å². The number of halogens is 2. The first-order chi connectivity index (χ1) is 11.9. The van der Waals surface area contributed by atoms with Gasteiger partial charge in [-0.25, -0.2) is 14.0 Å². The predicted octanol–water partition coefficient (Wildman–Crippen LogP) is 4.26. The molecule has 1 unspecified atom stereocenters. The number of hydrogen-bond donors (Lipinski definition) is 1. The van der Waals surface area contributed by atoms with Gasteiger partial charge in [0.25, 0.3) is 0 Å². The number of carboxylic acid groups (broad SMARTS) is 1. The number of benzene rings is 2. The van der Waals surface area contributed by atoms with Gasteiger partial charge in [-0.1, -0.05) is 48.0 Å². The lowest BCUT2D eigenvalue weighted by Gasteiger charge is -2.27. The van der Waals surface area contributed by atoms with Gasteiger partial charge in [0.05, 0.1) is 5.02 Å². The summed E-state index contributed by atoms with van der Waals surface area (Å²) in [4.78, 5) is 25.1. The molecule has 0 radical (unpaired) electrons. The molecule has 1 N–H and O–H groups in total. The van der Waals surface area contributed by atoms with Gasteiger partial charge >= 0.3 is 12.1 Å². The Morgan fingerprint density at radius 2 is 1.92 bits per heavy atom. The number of amides is 1. The van der Waals surface area contributed by atoms with Crippen molar-refractivity contribution in [2.45, 2.75) is 19.6 Å². The van der Waals surface area contributed by atoms with Crippen molar-refractivity contribution < 1.29 is 23.8 Å². The Labute approximate surface area is 149 Å².